The predicted octanol–water partition coefficient (Wildman–Crippen LogP) is 1.01. The van der Waals surface area contributed by atoms with E-state index in [1.165, 1.54) is 6.42 Å². The number of carbonyl (C=O) groups excluding carboxylic acids is 1. The minimum absolute atomic E-state index is 0.109. The van der Waals surface area contributed by atoms with Crippen LogP contribution >= 0.6 is 0 Å². The Labute approximate surface area is 108 Å². The quantitative estimate of drug-likeness (QED) is 0.718. The summed E-state index contributed by atoms with van der Waals surface area (Å²) >= 11 is 0. The van der Waals surface area contributed by atoms with Crippen molar-refractivity contribution in [2.75, 3.05) is 19.6 Å². The molecular formula is C13H22N2O3. The van der Waals surface area contributed by atoms with Crippen LogP contribution in [0.1, 0.15) is 33.1 Å². The smallest absolute Gasteiger partial charge is 0.328 e. The molecule has 0 spiro atoms. The zero-order chi connectivity index (χ0) is 13.5. The summed E-state index contributed by atoms with van der Waals surface area (Å²) in [6.07, 6.45) is 4.52. The Kier molecular flexibility index (Phi) is 5.85. The summed E-state index contributed by atoms with van der Waals surface area (Å²) < 4.78 is 0. The second kappa shape index (κ2) is 7.16. The molecule has 1 atom stereocenters. The molecule has 1 amide bonds. The van der Waals surface area contributed by atoms with Crippen molar-refractivity contribution in [3.63, 3.8) is 0 Å². The minimum Gasteiger partial charge on any atom is -0.478 e. The third kappa shape index (κ3) is 4.87. The van der Waals surface area contributed by atoms with Crippen LogP contribution in [0.2, 0.25) is 0 Å². The summed E-state index contributed by atoms with van der Waals surface area (Å²) in [4.78, 5) is 24.4. The molecule has 2 N–H and O–H groups in total. The first kappa shape index (κ1) is 14.7. The Morgan fingerprint density at radius 2 is 1.94 bits per heavy atom. The molecular weight excluding hydrogens is 232 g/mol. The van der Waals surface area contributed by atoms with Crippen LogP contribution in [0.5, 0.6) is 0 Å². The lowest BCUT2D eigenvalue weighted by Crippen LogP contribution is -2.47. The number of carboxylic acids is 1. The van der Waals surface area contributed by atoms with E-state index in [-0.39, 0.29) is 11.9 Å². The van der Waals surface area contributed by atoms with Crippen molar-refractivity contribution >= 4 is 11.9 Å². The van der Waals surface area contributed by atoms with Crippen LogP contribution in [-0.4, -0.2) is 47.6 Å². The van der Waals surface area contributed by atoms with E-state index in [0.717, 1.165) is 32.0 Å². The number of rotatable bonds is 5. The Balaban J connectivity index is 2.37. The van der Waals surface area contributed by atoms with Gasteiger partial charge in [0.2, 0.25) is 5.91 Å². The van der Waals surface area contributed by atoms with Gasteiger partial charge in [0.1, 0.15) is 0 Å². The topological polar surface area (TPSA) is 69.6 Å². The molecule has 1 saturated heterocycles. The molecule has 0 aromatic carbocycles. The van der Waals surface area contributed by atoms with Gasteiger partial charge in [-0.2, -0.15) is 0 Å². The molecule has 0 bridgehead atoms. The van der Waals surface area contributed by atoms with Gasteiger partial charge in [0.25, 0.3) is 0 Å². The summed E-state index contributed by atoms with van der Waals surface area (Å²) in [7, 11) is 0. The highest BCUT2D eigenvalue weighted by Gasteiger charge is 2.21. The molecule has 1 heterocycles. The van der Waals surface area contributed by atoms with E-state index in [4.69, 9.17) is 5.11 Å². The van der Waals surface area contributed by atoms with E-state index in [9.17, 15) is 9.59 Å². The van der Waals surface area contributed by atoms with Crippen LogP contribution in [-0.2, 0) is 9.59 Å². The predicted molar refractivity (Wildman–Crippen MR) is 69.3 cm³/mol. The third-order valence-corrected chi connectivity index (χ3v) is 3.10. The van der Waals surface area contributed by atoms with Gasteiger partial charge in [-0.15, -0.1) is 0 Å². The fourth-order valence-corrected chi connectivity index (χ4v) is 2.05. The van der Waals surface area contributed by atoms with Crippen molar-refractivity contribution in [3.8, 4) is 0 Å². The van der Waals surface area contributed by atoms with Crippen molar-refractivity contribution in [1.82, 2.24) is 10.2 Å². The van der Waals surface area contributed by atoms with Crippen LogP contribution < -0.4 is 5.32 Å². The van der Waals surface area contributed by atoms with Gasteiger partial charge in [0.15, 0.2) is 0 Å². The first-order valence-corrected chi connectivity index (χ1v) is 6.43. The first-order valence-electron chi connectivity index (χ1n) is 6.43. The van der Waals surface area contributed by atoms with Crippen molar-refractivity contribution in [2.45, 2.75) is 39.2 Å². The number of hydrogen-bond acceptors (Lipinski definition) is 3. The number of nitrogens with zero attached hydrogens (tertiary/aromatic N) is 1. The standard InChI is InChI=1S/C13H22N2O3/c1-10(8-12(16)17)9-14-11(2)13(18)15-6-4-3-5-7-15/h8,11,14H,3-7,9H2,1-2H3,(H,16,17). The molecule has 1 rings (SSSR count). The van der Waals surface area contributed by atoms with E-state index in [1.54, 1.807) is 6.92 Å². The molecule has 0 radical (unpaired) electrons. The maximum Gasteiger partial charge on any atom is 0.328 e. The molecule has 1 fully saturated rings. The fourth-order valence-electron chi connectivity index (χ4n) is 2.05. The average Bonchev–Trinajstić information content (AvgIpc) is 2.35. The minimum atomic E-state index is -0.954. The fraction of sp³-hybridized carbons (Fsp3) is 0.692. The van der Waals surface area contributed by atoms with E-state index in [1.807, 2.05) is 11.8 Å². The van der Waals surface area contributed by atoms with Crippen LogP contribution in [0.4, 0.5) is 0 Å². The molecule has 1 aliphatic rings. The molecule has 5 heteroatoms. The van der Waals surface area contributed by atoms with Crippen LogP contribution in [0.3, 0.4) is 0 Å². The number of carboxylic acid groups (broad SMARTS) is 1. The number of nitrogens with one attached hydrogen (secondary N) is 1. The number of hydrogen-bond donors (Lipinski definition) is 2. The van der Waals surface area contributed by atoms with E-state index < -0.39 is 5.97 Å². The molecule has 0 aromatic heterocycles. The van der Waals surface area contributed by atoms with Gasteiger partial charge in [0.05, 0.1) is 6.04 Å². The highest BCUT2D eigenvalue weighted by molar-refractivity contribution is 5.82. The lowest BCUT2D eigenvalue weighted by molar-refractivity contribution is -0.134. The molecule has 1 unspecified atom stereocenters. The number of aliphatic carboxylic acids is 1. The van der Waals surface area contributed by atoms with Crippen LogP contribution in [0.25, 0.3) is 0 Å². The Morgan fingerprint density at radius 3 is 2.50 bits per heavy atom. The van der Waals surface area contributed by atoms with Crippen molar-refractivity contribution in [3.05, 3.63) is 11.6 Å². The Bertz CT molecular complexity index is 333. The Hall–Kier alpha value is -1.36. The lowest BCUT2D eigenvalue weighted by Gasteiger charge is -2.29. The summed E-state index contributed by atoms with van der Waals surface area (Å²) in [5.74, 6) is -0.845. The van der Waals surface area contributed by atoms with Gasteiger partial charge < -0.3 is 15.3 Å². The molecule has 0 aromatic rings. The van der Waals surface area contributed by atoms with Gasteiger partial charge >= 0.3 is 5.97 Å². The number of carbonyl (C=O) groups is 2. The van der Waals surface area contributed by atoms with Crippen LogP contribution in [0, 0.1) is 0 Å². The number of amides is 1. The SMILES string of the molecule is CC(=CC(=O)O)CNC(C)C(=O)N1CCCCC1. The van der Waals surface area contributed by atoms with Crippen LogP contribution in [0.15, 0.2) is 11.6 Å². The van der Waals surface area contributed by atoms with Gasteiger partial charge in [0, 0.05) is 25.7 Å². The largest absolute Gasteiger partial charge is 0.478 e. The summed E-state index contributed by atoms with van der Waals surface area (Å²) in [5, 5.41) is 11.6. The van der Waals surface area contributed by atoms with E-state index in [2.05, 4.69) is 5.32 Å². The number of piperidine rings is 1. The van der Waals surface area contributed by atoms with Gasteiger partial charge in [-0.1, -0.05) is 5.57 Å². The summed E-state index contributed by atoms with van der Waals surface area (Å²) in [6.45, 7) is 5.67. The first-order chi connectivity index (χ1) is 8.50. The van der Waals surface area contributed by atoms with E-state index in [0.29, 0.717) is 12.1 Å². The lowest BCUT2D eigenvalue weighted by atomic mass is 10.1. The third-order valence-electron chi connectivity index (χ3n) is 3.10. The summed E-state index contributed by atoms with van der Waals surface area (Å²) in [6, 6.07) is -0.264. The van der Waals surface area contributed by atoms with Crippen molar-refractivity contribution in [2.24, 2.45) is 0 Å². The van der Waals surface area contributed by atoms with Gasteiger partial charge in [-0.3, -0.25) is 4.79 Å². The number of likely N-dealkylation sites (tertiary alicyclic amines) is 1. The highest BCUT2D eigenvalue weighted by atomic mass is 16.4. The van der Waals surface area contributed by atoms with Crippen molar-refractivity contribution in [1.29, 1.82) is 0 Å². The Morgan fingerprint density at radius 1 is 1.33 bits per heavy atom. The van der Waals surface area contributed by atoms with Gasteiger partial charge in [-0.05, 0) is 33.1 Å². The second-order valence-electron chi connectivity index (χ2n) is 4.82. The normalized spacial score (nSPS) is 18.6. The van der Waals surface area contributed by atoms with Gasteiger partial charge in [-0.25, -0.2) is 4.79 Å². The average molecular weight is 254 g/mol. The maximum absolute atomic E-state index is 12.1. The molecule has 1 aliphatic heterocycles. The monoisotopic (exact) mass is 254 g/mol. The molecule has 102 valence electrons. The molecule has 0 saturated carbocycles. The molecule has 0 aliphatic carbocycles. The maximum atomic E-state index is 12.1. The second-order valence-corrected chi connectivity index (χ2v) is 4.82. The van der Waals surface area contributed by atoms with E-state index >= 15 is 0 Å². The van der Waals surface area contributed by atoms with Crippen molar-refractivity contribution < 1.29 is 14.7 Å². The zero-order valence-electron chi connectivity index (χ0n) is 11.1. The highest BCUT2D eigenvalue weighted by Crippen LogP contribution is 2.09. The summed E-state index contributed by atoms with van der Waals surface area (Å²) in [5.41, 5.74) is 0.709. The molecule has 5 nitrogen and oxygen atoms in total. The zero-order valence-corrected chi connectivity index (χ0v) is 11.1. The molecule has 18 heavy (non-hydrogen) atoms.